The van der Waals surface area contributed by atoms with Gasteiger partial charge in [0.15, 0.2) is 0 Å². The lowest BCUT2D eigenvalue weighted by Gasteiger charge is -2.20. The Morgan fingerprint density at radius 1 is 1.00 bits per heavy atom. The van der Waals surface area contributed by atoms with Crippen molar-refractivity contribution < 1.29 is 18.1 Å². The van der Waals surface area contributed by atoms with E-state index in [0.29, 0.717) is 24.0 Å². The zero-order valence-electron chi connectivity index (χ0n) is 18.6. The Morgan fingerprint density at radius 2 is 1.76 bits per heavy atom. The Kier molecular flexibility index (Phi) is 5.69. The van der Waals surface area contributed by atoms with Crippen LogP contribution in [0.1, 0.15) is 30.0 Å². The lowest BCUT2D eigenvalue weighted by atomic mass is 10.1. The molecule has 6 nitrogen and oxygen atoms in total. The number of nitrogens with one attached hydrogen (secondary N) is 2. The van der Waals surface area contributed by atoms with Crippen molar-refractivity contribution in [2.45, 2.75) is 36.2 Å². The molecule has 1 fully saturated rings. The number of fused-ring (bicyclic) bond motifs is 2. The van der Waals surface area contributed by atoms with Crippen LogP contribution >= 0.6 is 11.6 Å². The Hall–Kier alpha value is -2.45. The molecule has 0 radical (unpaired) electrons. The summed E-state index contributed by atoms with van der Waals surface area (Å²) in [5.41, 5.74) is 3.48. The summed E-state index contributed by atoms with van der Waals surface area (Å²) in [5.74, 6) is -0.209. The predicted octanol–water partition coefficient (Wildman–Crippen LogP) is 2.71. The number of quaternary nitrogens is 1. The number of carbonyl (C=O) groups is 1. The maximum Gasteiger partial charge on any atom is 0.245 e. The summed E-state index contributed by atoms with van der Waals surface area (Å²) in [6.07, 6.45) is 2.54. The molecule has 0 bridgehead atoms. The number of aryl methyl sites for hydroxylation is 1. The van der Waals surface area contributed by atoms with Crippen molar-refractivity contribution in [2.24, 2.45) is 0 Å². The molecule has 1 amide bonds. The highest BCUT2D eigenvalue weighted by molar-refractivity contribution is 7.89. The monoisotopic (exact) mass is 484 g/mol. The van der Waals surface area contributed by atoms with Crippen molar-refractivity contribution in [1.29, 1.82) is 0 Å². The molecular weight excluding hydrogens is 458 g/mol. The maximum atomic E-state index is 13.1. The fraction of sp³-hybridized carbons (Fsp3) is 0.320. The van der Waals surface area contributed by atoms with Gasteiger partial charge in [0.1, 0.15) is 12.1 Å². The van der Waals surface area contributed by atoms with Crippen LogP contribution in [0.2, 0.25) is 5.02 Å². The number of sulfonamides is 1. The number of carbonyl (C=O) groups excluding carboxylic acids is 1. The highest BCUT2D eigenvalue weighted by atomic mass is 35.5. The van der Waals surface area contributed by atoms with Crippen LogP contribution in [0.25, 0.3) is 10.8 Å². The van der Waals surface area contributed by atoms with E-state index in [4.69, 9.17) is 11.6 Å². The number of nitrogens with zero attached hydrogens (tertiary/aromatic N) is 1. The van der Waals surface area contributed by atoms with E-state index in [-0.39, 0.29) is 10.8 Å². The molecule has 2 aliphatic rings. The molecule has 1 aliphatic carbocycles. The molecule has 2 N–H and O–H groups in total. The molecule has 3 aromatic carbocycles. The predicted molar refractivity (Wildman–Crippen MR) is 130 cm³/mol. The number of hydrogen-bond donors (Lipinski definition) is 2. The Bertz CT molecular complexity index is 1360. The quantitative estimate of drug-likeness (QED) is 0.585. The molecule has 172 valence electrons. The van der Waals surface area contributed by atoms with Crippen LogP contribution in [0.4, 0.5) is 5.69 Å². The number of rotatable bonds is 5. The normalized spacial score (nSPS) is 20.7. The molecule has 5 rings (SSSR count). The molecule has 1 aliphatic heterocycles. The van der Waals surface area contributed by atoms with Gasteiger partial charge in [0.2, 0.25) is 15.9 Å². The number of anilines is 1. The Labute approximate surface area is 199 Å². The van der Waals surface area contributed by atoms with Gasteiger partial charge in [-0.1, -0.05) is 29.8 Å². The molecule has 0 spiro atoms. The largest absolute Gasteiger partial charge is 0.334 e. The molecule has 8 heteroatoms. The molecule has 3 aromatic rings. The first-order chi connectivity index (χ1) is 15.7. The molecule has 0 unspecified atom stereocenters. The summed E-state index contributed by atoms with van der Waals surface area (Å²) in [6, 6.07) is 16.1. The Morgan fingerprint density at radius 3 is 2.55 bits per heavy atom. The second-order valence-electron chi connectivity index (χ2n) is 9.16. The van der Waals surface area contributed by atoms with Crippen molar-refractivity contribution in [3.63, 3.8) is 0 Å². The minimum absolute atomic E-state index is 0.137. The first-order valence-corrected chi connectivity index (χ1v) is 13.0. The van der Waals surface area contributed by atoms with Gasteiger partial charge in [-0.3, -0.25) is 4.79 Å². The standard InChI is InChI=1S/C25H26ClN3O3S/c1-28(2)24-10-5-18-14-20(7-9-22(18)24)29-12-11-23(25(29)30)27-33(31,32)21-8-4-16-13-19(26)6-3-17(16)15-21/h3-4,6-9,13-15,23-24,27H,5,10-12H2,1-2H3/p+1/t23-,24-/m0/s1. The van der Waals surface area contributed by atoms with Gasteiger partial charge in [-0.25, -0.2) is 8.42 Å². The van der Waals surface area contributed by atoms with Gasteiger partial charge in [-0.2, -0.15) is 4.72 Å². The second-order valence-corrected chi connectivity index (χ2v) is 11.3. The number of benzene rings is 3. The fourth-order valence-corrected chi connectivity index (χ4v) is 6.47. The van der Waals surface area contributed by atoms with Gasteiger partial charge in [0.05, 0.1) is 19.0 Å². The van der Waals surface area contributed by atoms with Crippen LogP contribution in [-0.2, 0) is 21.2 Å². The van der Waals surface area contributed by atoms with E-state index in [2.05, 4.69) is 31.0 Å². The third-order valence-corrected chi connectivity index (χ3v) is 8.50. The maximum absolute atomic E-state index is 13.1. The van der Waals surface area contributed by atoms with E-state index in [1.165, 1.54) is 16.0 Å². The first kappa shape index (κ1) is 22.3. The third kappa shape index (κ3) is 4.15. The second kappa shape index (κ2) is 8.40. The average molecular weight is 485 g/mol. The van der Waals surface area contributed by atoms with Crippen molar-refractivity contribution in [3.8, 4) is 0 Å². The molecular formula is C25H27ClN3O3S+. The smallest absolute Gasteiger partial charge is 0.245 e. The topological polar surface area (TPSA) is 70.9 Å². The van der Waals surface area contributed by atoms with Crippen molar-refractivity contribution in [1.82, 2.24) is 4.72 Å². The first-order valence-electron chi connectivity index (χ1n) is 11.2. The van der Waals surface area contributed by atoms with E-state index >= 15 is 0 Å². The molecule has 2 atom stereocenters. The van der Waals surface area contributed by atoms with Crippen LogP contribution in [0.3, 0.4) is 0 Å². The number of hydrogen-bond acceptors (Lipinski definition) is 3. The van der Waals surface area contributed by atoms with E-state index in [9.17, 15) is 13.2 Å². The summed E-state index contributed by atoms with van der Waals surface area (Å²) in [5, 5.41) is 2.23. The Balaban J connectivity index is 1.34. The van der Waals surface area contributed by atoms with Gasteiger partial charge >= 0.3 is 0 Å². The van der Waals surface area contributed by atoms with Gasteiger partial charge < -0.3 is 9.80 Å². The minimum Gasteiger partial charge on any atom is -0.334 e. The number of amides is 1. The fourth-order valence-electron chi connectivity index (χ4n) is 5.03. The van der Waals surface area contributed by atoms with Crippen LogP contribution < -0.4 is 14.5 Å². The van der Waals surface area contributed by atoms with E-state index < -0.39 is 16.1 Å². The SMILES string of the molecule is C[NH+](C)[C@H]1CCc2cc(N3CC[C@H](NS(=O)(=O)c4ccc5cc(Cl)ccc5c4)C3=O)ccc21. The lowest BCUT2D eigenvalue weighted by molar-refractivity contribution is -0.891. The summed E-state index contributed by atoms with van der Waals surface area (Å²) >= 11 is 6.02. The molecule has 33 heavy (non-hydrogen) atoms. The molecule has 0 saturated carbocycles. The molecule has 0 aromatic heterocycles. The highest BCUT2D eigenvalue weighted by Gasteiger charge is 2.36. The zero-order valence-corrected chi connectivity index (χ0v) is 20.2. The van der Waals surface area contributed by atoms with Crippen molar-refractivity contribution in [2.75, 3.05) is 25.5 Å². The van der Waals surface area contributed by atoms with Crippen molar-refractivity contribution in [3.05, 3.63) is 70.7 Å². The van der Waals surface area contributed by atoms with Gasteiger partial charge in [-0.05, 0) is 65.6 Å². The summed E-state index contributed by atoms with van der Waals surface area (Å²) in [6.45, 7) is 0.489. The summed E-state index contributed by atoms with van der Waals surface area (Å²) < 4.78 is 28.7. The van der Waals surface area contributed by atoms with Crippen LogP contribution in [0, 0.1) is 0 Å². The molecule has 1 heterocycles. The van der Waals surface area contributed by atoms with Crippen LogP contribution in [0.15, 0.2) is 59.5 Å². The summed E-state index contributed by atoms with van der Waals surface area (Å²) in [7, 11) is 0.488. The molecule has 1 saturated heterocycles. The number of halogens is 1. The lowest BCUT2D eigenvalue weighted by Crippen LogP contribution is -3.05. The highest BCUT2D eigenvalue weighted by Crippen LogP contribution is 2.33. The third-order valence-electron chi connectivity index (χ3n) is 6.80. The zero-order chi connectivity index (χ0) is 23.3. The average Bonchev–Trinajstić information content (AvgIpc) is 3.36. The van der Waals surface area contributed by atoms with Crippen molar-refractivity contribution >= 4 is 44.0 Å². The summed E-state index contributed by atoms with van der Waals surface area (Å²) in [4.78, 5) is 16.4. The van der Waals surface area contributed by atoms with Gasteiger partial charge in [-0.15, -0.1) is 0 Å². The van der Waals surface area contributed by atoms with Gasteiger partial charge in [0, 0.05) is 29.2 Å². The van der Waals surface area contributed by atoms with Crippen LogP contribution in [0.5, 0.6) is 0 Å². The van der Waals surface area contributed by atoms with Crippen LogP contribution in [-0.4, -0.2) is 41.0 Å². The van der Waals surface area contributed by atoms with E-state index in [1.54, 1.807) is 41.3 Å². The van der Waals surface area contributed by atoms with Gasteiger partial charge in [0.25, 0.3) is 0 Å². The van der Waals surface area contributed by atoms with E-state index in [0.717, 1.165) is 29.3 Å². The minimum atomic E-state index is -3.84. The van der Waals surface area contributed by atoms with E-state index in [1.807, 2.05) is 6.07 Å².